The largest absolute Gasteiger partial charge is 0.205 e. The highest BCUT2D eigenvalue weighted by Crippen LogP contribution is 2.35. The van der Waals surface area contributed by atoms with Crippen LogP contribution in [0.3, 0.4) is 0 Å². The quantitative estimate of drug-likeness (QED) is 0.667. The summed E-state index contributed by atoms with van der Waals surface area (Å²) in [5.41, 5.74) is 0. The average molecular weight is 324 g/mol. The van der Waals surface area contributed by atoms with Crippen LogP contribution in [0.1, 0.15) is 4.88 Å². The monoisotopic (exact) mass is 322 g/mol. The summed E-state index contributed by atoms with van der Waals surface area (Å²) >= 11 is 8.15. The fourth-order valence-electron chi connectivity index (χ4n) is 1.19. The molecule has 0 saturated heterocycles. The van der Waals surface area contributed by atoms with Crippen LogP contribution in [0.4, 0.5) is 4.39 Å². The molecule has 4 heteroatoms. The molecule has 68 valence electrons. The molecule has 0 aliphatic carbocycles. The van der Waals surface area contributed by atoms with Gasteiger partial charge in [0.05, 0.1) is 9.58 Å². The summed E-state index contributed by atoms with van der Waals surface area (Å²) < 4.78 is 15.5. The normalized spacial score (nSPS) is 11.0. The van der Waals surface area contributed by atoms with Gasteiger partial charge in [0.2, 0.25) is 0 Å². The molecule has 0 saturated carbocycles. The maximum Gasteiger partial charge on any atom is 0.145 e. The third-order valence-corrected chi connectivity index (χ3v) is 4.86. The van der Waals surface area contributed by atoms with Crippen molar-refractivity contribution >= 4 is 53.3 Å². The van der Waals surface area contributed by atoms with Crippen LogP contribution < -0.4 is 0 Å². The molecule has 0 spiro atoms. The molecule has 0 amide bonds. The predicted octanol–water partition coefficient (Wildman–Crippen LogP) is 4.70. The van der Waals surface area contributed by atoms with Gasteiger partial charge in [0.25, 0.3) is 0 Å². The van der Waals surface area contributed by atoms with Gasteiger partial charge < -0.3 is 0 Å². The Morgan fingerprint density at radius 3 is 2.77 bits per heavy atom. The molecule has 1 heterocycles. The highest BCUT2D eigenvalue weighted by atomic mass is 79.9. The molecule has 2 aromatic rings. The fourth-order valence-corrected chi connectivity index (χ4v) is 3.32. The van der Waals surface area contributed by atoms with E-state index in [1.807, 2.05) is 12.1 Å². The Kier molecular flexibility index (Phi) is 2.72. The Balaban J connectivity index is 2.83. The molecule has 2 rings (SSSR count). The molecule has 0 bridgehead atoms. The van der Waals surface area contributed by atoms with E-state index in [9.17, 15) is 4.39 Å². The van der Waals surface area contributed by atoms with Crippen molar-refractivity contribution in [2.45, 2.75) is 5.33 Å². The van der Waals surface area contributed by atoms with E-state index in [1.54, 1.807) is 6.07 Å². The average Bonchev–Trinajstić information content (AvgIpc) is 2.45. The van der Waals surface area contributed by atoms with Crippen LogP contribution in [0.5, 0.6) is 0 Å². The van der Waals surface area contributed by atoms with E-state index >= 15 is 0 Å². The van der Waals surface area contributed by atoms with E-state index in [0.717, 1.165) is 14.0 Å². The van der Waals surface area contributed by atoms with Gasteiger partial charge in [-0.05, 0) is 22.0 Å². The van der Waals surface area contributed by atoms with Crippen LogP contribution in [0, 0.1) is 5.82 Å². The summed E-state index contributed by atoms with van der Waals surface area (Å²) in [6.07, 6.45) is 0. The second-order valence-electron chi connectivity index (χ2n) is 2.59. The zero-order valence-electron chi connectivity index (χ0n) is 6.48. The smallest absolute Gasteiger partial charge is 0.145 e. The Morgan fingerprint density at radius 1 is 1.38 bits per heavy atom. The Morgan fingerprint density at radius 2 is 2.15 bits per heavy atom. The van der Waals surface area contributed by atoms with Gasteiger partial charge in [0.1, 0.15) is 5.82 Å². The van der Waals surface area contributed by atoms with Crippen LogP contribution in [-0.4, -0.2) is 0 Å². The third-order valence-electron chi connectivity index (χ3n) is 1.79. The van der Waals surface area contributed by atoms with Crippen LogP contribution in [0.25, 0.3) is 10.1 Å². The van der Waals surface area contributed by atoms with Gasteiger partial charge in [0.15, 0.2) is 0 Å². The number of benzene rings is 1. The molecule has 0 atom stereocenters. The summed E-state index contributed by atoms with van der Waals surface area (Å²) in [7, 11) is 0. The van der Waals surface area contributed by atoms with E-state index in [2.05, 4.69) is 31.9 Å². The lowest BCUT2D eigenvalue weighted by molar-refractivity contribution is 0.636. The Bertz CT molecular complexity index is 450. The fraction of sp³-hybridized carbons (Fsp3) is 0.111. The molecule has 0 aliphatic rings. The molecule has 13 heavy (non-hydrogen) atoms. The third kappa shape index (κ3) is 1.55. The van der Waals surface area contributed by atoms with Gasteiger partial charge in [-0.1, -0.05) is 28.1 Å². The van der Waals surface area contributed by atoms with Crippen LogP contribution in [0.2, 0.25) is 0 Å². The Hall–Kier alpha value is 0.0700. The van der Waals surface area contributed by atoms with Gasteiger partial charge in [-0.25, -0.2) is 4.39 Å². The summed E-state index contributed by atoms with van der Waals surface area (Å²) in [6, 6.07) is 5.58. The van der Waals surface area contributed by atoms with E-state index < -0.39 is 0 Å². The molecular weight excluding hydrogens is 319 g/mol. The molecular formula is C9H5Br2FS. The molecule has 1 aromatic heterocycles. The lowest BCUT2D eigenvalue weighted by Gasteiger charge is -1.90. The number of alkyl halides is 1. The van der Waals surface area contributed by atoms with E-state index in [0.29, 0.717) is 10.7 Å². The van der Waals surface area contributed by atoms with Crippen molar-refractivity contribution in [3.8, 4) is 0 Å². The summed E-state index contributed by atoms with van der Waals surface area (Å²) in [5.74, 6) is -0.0989. The van der Waals surface area contributed by atoms with Crippen molar-refractivity contribution in [1.29, 1.82) is 0 Å². The molecule has 0 radical (unpaired) electrons. The van der Waals surface area contributed by atoms with E-state index in [1.165, 1.54) is 11.3 Å². The number of hydrogen-bond donors (Lipinski definition) is 0. The number of fused-ring (bicyclic) bond motifs is 1. The molecule has 0 unspecified atom stereocenters. The first kappa shape index (κ1) is 9.62. The zero-order valence-corrected chi connectivity index (χ0v) is 10.5. The molecule has 0 N–H and O–H groups in total. The maximum atomic E-state index is 13.6. The van der Waals surface area contributed by atoms with Crippen LogP contribution >= 0.6 is 43.2 Å². The highest BCUT2D eigenvalue weighted by Gasteiger charge is 2.11. The van der Waals surface area contributed by atoms with Crippen molar-refractivity contribution in [2.24, 2.45) is 0 Å². The first-order valence-corrected chi connectivity index (χ1v) is 6.38. The Labute approximate surface area is 96.0 Å². The minimum absolute atomic E-state index is 0.0989. The van der Waals surface area contributed by atoms with Crippen molar-refractivity contribution < 1.29 is 4.39 Å². The lowest BCUT2D eigenvalue weighted by atomic mass is 10.2. The van der Waals surface area contributed by atoms with E-state index in [-0.39, 0.29) is 5.82 Å². The molecule has 1 aromatic carbocycles. The molecule has 0 fully saturated rings. The van der Waals surface area contributed by atoms with Gasteiger partial charge in [-0.15, -0.1) is 11.3 Å². The summed E-state index contributed by atoms with van der Waals surface area (Å²) in [4.78, 5) is 0.752. The maximum absolute atomic E-state index is 13.6. The molecule has 0 aliphatic heterocycles. The highest BCUT2D eigenvalue weighted by molar-refractivity contribution is 9.10. The minimum atomic E-state index is -0.0989. The van der Waals surface area contributed by atoms with Gasteiger partial charge >= 0.3 is 0 Å². The lowest BCUT2D eigenvalue weighted by Crippen LogP contribution is -1.74. The van der Waals surface area contributed by atoms with E-state index in [4.69, 9.17) is 0 Å². The number of rotatable bonds is 1. The minimum Gasteiger partial charge on any atom is -0.205 e. The molecule has 0 nitrogen and oxygen atoms in total. The summed E-state index contributed by atoms with van der Waals surface area (Å²) in [5, 5.41) is 1.28. The SMILES string of the molecule is Fc1c(CBr)sc2c(Br)cccc12. The first-order valence-electron chi connectivity index (χ1n) is 3.65. The van der Waals surface area contributed by atoms with Crippen LogP contribution in [0.15, 0.2) is 22.7 Å². The van der Waals surface area contributed by atoms with Crippen LogP contribution in [-0.2, 0) is 5.33 Å². The van der Waals surface area contributed by atoms with Crippen molar-refractivity contribution in [3.05, 3.63) is 33.4 Å². The first-order chi connectivity index (χ1) is 6.24. The number of hydrogen-bond acceptors (Lipinski definition) is 1. The zero-order chi connectivity index (χ0) is 9.42. The van der Waals surface area contributed by atoms with Crippen molar-refractivity contribution in [1.82, 2.24) is 0 Å². The van der Waals surface area contributed by atoms with Gasteiger partial charge in [-0.2, -0.15) is 0 Å². The number of thiophene rings is 1. The number of halogens is 3. The standard InChI is InChI=1S/C9H5Br2FS/c10-4-7-8(12)5-2-1-3-6(11)9(5)13-7/h1-3H,4H2. The topological polar surface area (TPSA) is 0 Å². The second-order valence-corrected chi connectivity index (χ2v) is 5.11. The van der Waals surface area contributed by atoms with Gasteiger partial charge in [0, 0.05) is 15.2 Å². The van der Waals surface area contributed by atoms with Crippen molar-refractivity contribution in [3.63, 3.8) is 0 Å². The van der Waals surface area contributed by atoms with Crippen molar-refractivity contribution in [2.75, 3.05) is 0 Å². The summed E-state index contributed by atoms with van der Waals surface area (Å²) in [6.45, 7) is 0. The second kappa shape index (κ2) is 3.67. The predicted molar refractivity (Wildman–Crippen MR) is 62.1 cm³/mol. The van der Waals surface area contributed by atoms with Gasteiger partial charge in [-0.3, -0.25) is 0 Å².